The molecule has 0 atom stereocenters. The average molecular weight is 254 g/mol. The van der Waals surface area contributed by atoms with E-state index < -0.39 is 0 Å². The van der Waals surface area contributed by atoms with Crippen LogP contribution in [0, 0.1) is 5.82 Å². The number of nitrogens with zero attached hydrogens (tertiary/aromatic N) is 2. The second-order valence-electron chi connectivity index (χ2n) is 3.71. The highest BCUT2D eigenvalue weighted by atomic mass is 35.5. The summed E-state index contributed by atoms with van der Waals surface area (Å²) in [6, 6.07) is 5.02. The third-order valence-corrected chi connectivity index (χ3v) is 2.80. The Balaban J connectivity index is 2.25. The lowest BCUT2D eigenvalue weighted by Crippen LogP contribution is -2.13. The molecule has 0 aliphatic heterocycles. The predicted molar refractivity (Wildman–Crippen MR) is 65.5 cm³/mol. The highest BCUT2D eigenvalue weighted by Crippen LogP contribution is 2.19. The minimum absolute atomic E-state index is 0.151. The highest BCUT2D eigenvalue weighted by Gasteiger charge is 2.08. The van der Waals surface area contributed by atoms with Gasteiger partial charge < -0.3 is 9.88 Å². The van der Waals surface area contributed by atoms with Crippen LogP contribution in [-0.4, -0.2) is 16.6 Å². The Bertz CT molecular complexity index is 510. The van der Waals surface area contributed by atoms with E-state index in [2.05, 4.69) is 10.3 Å². The summed E-state index contributed by atoms with van der Waals surface area (Å²) in [6.07, 6.45) is 3.53. The maximum Gasteiger partial charge on any atom is 0.146 e. The van der Waals surface area contributed by atoms with E-state index in [9.17, 15) is 4.39 Å². The molecule has 1 aromatic carbocycles. The van der Waals surface area contributed by atoms with Gasteiger partial charge in [-0.2, -0.15) is 0 Å². The van der Waals surface area contributed by atoms with E-state index in [1.54, 1.807) is 24.4 Å². The van der Waals surface area contributed by atoms with Crippen LogP contribution in [0.2, 0.25) is 5.02 Å². The molecule has 0 aliphatic carbocycles. The molecule has 2 rings (SSSR count). The molecule has 1 N–H and O–H groups in total. The molecule has 2 aromatic rings. The fourth-order valence-corrected chi connectivity index (χ4v) is 1.86. The summed E-state index contributed by atoms with van der Waals surface area (Å²) in [5.41, 5.74) is 0.563. The van der Waals surface area contributed by atoms with Gasteiger partial charge >= 0.3 is 0 Å². The number of hydrogen-bond donors (Lipinski definition) is 1. The monoisotopic (exact) mass is 253 g/mol. The van der Waals surface area contributed by atoms with Crippen molar-refractivity contribution < 1.29 is 4.39 Å². The van der Waals surface area contributed by atoms with Crippen molar-refractivity contribution in [3.05, 3.63) is 52.8 Å². The lowest BCUT2D eigenvalue weighted by atomic mass is 10.2. The van der Waals surface area contributed by atoms with Crippen LogP contribution in [-0.2, 0) is 13.1 Å². The number of rotatable bonds is 4. The van der Waals surface area contributed by atoms with E-state index in [0.717, 1.165) is 5.82 Å². The molecule has 5 heteroatoms. The third-order valence-electron chi connectivity index (χ3n) is 2.51. The van der Waals surface area contributed by atoms with Gasteiger partial charge in [0.2, 0.25) is 0 Å². The minimum Gasteiger partial charge on any atom is -0.329 e. The van der Waals surface area contributed by atoms with Crippen LogP contribution in [0.5, 0.6) is 0 Å². The second kappa shape index (κ2) is 5.29. The second-order valence-corrected chi connectivity index (χ2v) is 4.12. The quantitative estimate of drug-likeness (QED) is 0.907. The fraction of sp³-hybridized carbons (Fsp3) is 0.250. The van der Waals surface area contributed by atoms with E-state index in [1.165, 1.54) is 0 Å². The predicted octanol–water partition coefficient (Wildman–Crippen LogP) is 2.44. The number of hydrogen-bond acceptors (Lipinski definition) is 2. The highest BCUT2D eigenvalue weighted by molar-refractivity contribution is 6.30. The summed E-state index contributed by atoms with van der Waals surface area (Å²) in [4.78, 5) is 4.20. The molecule has 1 heterocycles. The van der Waals surface area contributed by atoms with E-state index in [1.807, 2.05) is 17.8 Å². The Labute approximate surface area is 104 Å². The van der Waals surface area contributed by atoms with Crippen molar-refractivity contribution >= 4 is 11.6 Å². The number of imidazole rings is 1. The van der Waals surface area contributed by atoms with Crippen LogP contribution in [0.3, 0.4) is 0 Å². The molecule has 90 valence electrons. The Kier molecular flexibility index (Phi) is 3.76. The Morgan fingerprint density at radius 1 is 1.47 bits per heavy atom. The van der Waals surface area contributed by atoms with Gasteiger partial charge in [-0.05, 0) is 13.1 Å². The van der Waals surface area contributed by atoms with Crippen LogP contribution in [0.1, 0.15) is 11.4 Å². The van der Waals surface area contributed by atoms with Gasteiger partial charge in [0.1, 0.15) is 11.6 Å². The van der Waals surface area contributed by atoms with E-state index in [0.29, 0.717) is 18.7 Å². The molecule has 0 amide bonds. The molecule has 17 heavy (non-hydrogen) atoms. The number of nitrogens with one attached hydrogen (secondary N) is 1. The third kappa shape index (κ3) is 2.65. The van der Waals surface area contributed by atoms with Crippen LogP contribution >= 0.6 is 11.6 Å². The zero-order valence-corrected chi connectivity index (χ0v) is 10.2. The molecule has 0 spiro atoms. The Morgan fingerprint density at radius 2 is 2.29 bits per heavy atom. The van der Waals surface area contributed by atoms with Crippen molar-refractivity contribution in [3.63, 3.8) is 0 Å². The first kappa shape index (κ1) is 12.1. The molecule has 0 radical (unpaired) electrons. The molecule has 0 aliphatic rings. The summed E-state index contributed by atoms with van der Waals surface area (Å²) in [7, 11) is 1.85. The lowest BCUT2D eigenvalue weighted by Gasteiger charge is -2.09. The number of halogens is 2. The average Bonchev–Trinajstić information content (AvgIpc) is 2.73. The minimum atomic E-state index is -0.363. The van der Waals surface area contributed by atoms with Crippen molar-refractivity contribution in [1.82, 2.24) is 14.9 Å². The van der Waals surface area contributed by atoms with Crippen molar-refractivity contribution in [2.75, 3.05) is 7.05 Å². The van der Waals surface area contributed by atoms with Gasteiger partial charge in [-0.15, -0.1) is 0 Å². The lowest BCUT2D eigenvalue weighted by molar-refractivity contribution is 0.590. The molecule has 0 saturated carbocycles. The van der Waals surface area contributed by atoms with Gasteiger partial charge in [0.05, 0.1) is 18.1 Å². The van der Waals surface area contributed by atoms with Gasteiger partial charge in [-0.3, -0.25) is 0 Å². The van der Waals surface area contributed by atoms with Crippen LogP contribution in [0.25, 0.3) is 0 Å². The summed E-state index contributed by atoms with van der Waals surface area (Å²) in [6.45, 7) is 1.08. The van der Waals surface area contributed by atoms with E-state index in [4.69, 9.17) is 11.6 Å². The van der Waals surface area contributed by atoms with E-state index >= 15 is 0 Å². The fourth-order valence-electron chi connectivity index (χ4n) is 1.66. The van der Waals surface area contributed by atoms with Crippen LogP contribution in [0.4, 0.5) is 4.39 Å². The zero-order chi connectivity index (χ0) is 12.3. The standard InChI is InChI=1S/C12H13ClFN3/c1-15-7-11-16-5-6-17(11)8-9-3-2-4-10(13)12(9)14/h2-6,15H,7-8H2,1H3. The Morgan fingerprint density at radius 3 is 3.06 bits per heavy atom. The number of aromatic nitrogens is 2. The number of benzene rings is 1. The first-order valence-electron chi connectivity index (χ1n) is 5.30. The maximum atomic E-state index is 13.7. The molecule has 0 saturated heterocycles. The van der Waals surface area contributed by atoms with Crippen LogP contribution < -0.4 is 5.32 Å². The molecule has 3 nitrogen and oxygen atoms in total. The topological polar surface area (TPSA) is 29.9 Å². The van der Waals surface area contributed by atoms with Gasteiger partial charge in [-0.25, -0.2) is 9.37 Å². The van der Waals surface area contributed by atoms with Crippen molar-refractivity contribution in [1.29, 1.82) is 0 Å². The zero-order valence-electron chi connectivity index (χ0n) is 9.45. The van der Waals surface area contributed by atoms with Gasteiger partial charge in [-0.1, -0.05) is 23.7 Å². The van der Waals surface area contributed by atoms with Crippen molar-refractivity contribution in [2.24, 2.45) is 0 Å². The van der Waals surface area contributed by atoms with Gasteiger partial charge in [0.25, 0.3) is 0 Å². The molecule has 1 aromatic heterocycles. The van der Waals surface area contributed by atoms with Crippen LogP contribution in [0.15, 0.2) is 30.6 Å². The molecule has 0 bridgehead atoms. The first-order valence-corrected chi connectivity index (χ1v) is 5.67. The maximum absolute atomic E-state index is 13.7. The first-order chi connectivity index (χ1) is 8.22. The molecular weight excluding hydrogens is 241 g/mol. The van der Waals surface area contributed by atoms with Crippen molar-refractivity contribution in [2.45, 2.75) is 13.1 Å². The smallest absolute Gasteiger partial charge is 0.146 e. The molecule has 0 unspecified atom stereocenters. The molecule has 0 fully saturated rings. The van der Waals surface area contributed by atoms with Gasteiger partial charge in [0.15, 0.2) is 0 Å². The van der Waals surface area contributed by atoms with Gasteiger partial charge in [0, 0.05) is 18.0 Å². The largest absolute Gasteiger partial charge is 0.329 e. The molecular formula is C12H13ClFN3. The van der Waals surface area contributed by atoms with Crippen molar-refractivity contribution in [3.8, 4) is 0 Å². The normalized spacial score (nSPS) is 10.8. The summed E-state index contributed by atoms with van der Waals surface area (Å²) in [5, 5.41) is 3.17. The summed E-state index contributed by atoms with van der Waals surface area (Å²) in [5.74, 6) is 0.505. The summed E-state index contributed by atoms with van der Waals surface area (Å²) < 4.78 is 15.6. The van der Waals surface area contributed by atoms with E-state index in [-0.39, 0.29) is 10.8 Å². The Hall–Kier alpha value is -1.39. The summed E-state index contributed by atoms with van der Waals surface area (Å²) >= 11 is 5.74. The SMILES string of the molecule is CNCc1nccn1Cc1cccc(Cl)c1F.